The van der Waals surface area contributed by atoms with Crippen LogP contribution >= 0.6 is 0 Å². The number of nitrogens with one attached hydrogen (secondary N) is 1. The molecule has 1 aliphatic rings. The van der Waals surface area contributed by atoms with Crippen molar-refractivity contribution in [3.8, 4) is 0 Å². The van der Waals surface area contributed by atoms with E-state index in [9.17, 15) is 4.39 Å². The van der Waals surface area contributed by atoms with E-state index >= 15 is 0 Å². The van der Waals surface area contributed by atoms with Crippen LogP contribution in [0.4, 0.5) is 4.39 Å². The zero-order valence-electron chi connectivity index (χ0n) is 11.5. The Morgan fingerprint density at radius 2 is 2.16 bits per heavy atom. The van der Waals surface area contributed by atoms with E-state index in [1.807, 2.05) is 19.9 Å². The summed E-state index contributed by atoms with van der Waals surface area (Å²) in [7, 11) is 6.16. The van der Waals surface area contributed by atoms with Gasteiger partial charge in [-0.3, -0.25) is 0 Å². The average molecular weight is 254 g/mol. The van der Waals surface area contributed by atoms with Crippen molar-refractivity contribution in [3.05, 3.63) is 52.9 Å². The van der Waals surface area contributed by atoms with Gasteiger partial charge in [0.15, 0.2) is 0 Å². The van der Waals surface area contributed by atoms with E-state index in [1.165, 1.54) is 11.6 Å². The quantitative estimate of drug-likeness (QED) is 0.818. The summed E-state index contributed by atoms with van der Waals surface area (Å²) in [5.41, 5.74) is 4.96. The molecule has 1 N–H and O–H groups in total. The first kappa shape index (κ1) is 13.9. The summed E-state index contributed by atoms with van der Waals surface area (Å²) in [6.07, 6.45) is 0.847. The fourth-order valence-electron chi connectivity index (χ4n) is 2.34. The van der Waals surface area contributed by atoms with Crippen LogP contribution in [0.2, 0.25) is 0 Å². The Morgan fingerprint density at radius 1 is 1.42 bits per heavy atom. The van der Waals surface area contributed by atoms with Crippen molar-refractivity contribution >= 4 is 18.5 Å². The number of allylic oxidation sites excluding steroid dienone is 1. The van der Waals surface area contributed by atoms with E-state index in [1.54, 1.807) is 6.07 Å². The van der Waals surface area contributed by atoms with Crippen molar-refractivity contribution in [2.45, 2.75) is 20.3 Å². The summed E-state index contributed by atoms with van der Waals surface area (Å²) in [5, 5.41) is 3.28. The molecule has 0 aliphatic carbocycles. The molecule has 1 aliphatic heterocycles. The van der Waals surface area contributed by atoms with Gasteiger partial charge in [0.1, 0.15) is 0 Å². The molecule has 2 rings (SSSR count). The second-order valence-electron chi connectivity index (χ2n) is 5.07. The van der Waals surface area contributed by atoms with E-state index in [0.29, 0.717) is 11.0 Å². The van der Waals surface area contributed by atoms with E-state index < -0.39 is 0 Å². The van der Waals surface area contributed by atoms with Gasteiger partial charge in [0.25, 0.3) is 0 Å². The number of benzene rings is 1. The van der Waals surface area contributed by atoms with Crippen molar-refractivity contribution in [1.29, 1.82) is 0 Å². The molecule has 1 radical (unpaired) electrons. The third-order valence-corrected chi connectivity index (χ3v) is 3.53. The first-order chi connectivity index (χ1) is 9.00. The normalized spacial score (nSPS) is 15.5. The Morgan fingerprint density at radius 3 is 2.74 bits per heavy atom. The number of hydrogen-bond donors (Lipinski definition) is 1. The summed E-state index contributed by atoms with van der Waals surface area (Å²) < 4.78 is 14.2. The van der Waals surface area contributed by atoms with Crippen molar-refractivity contribution in [3.63, 3.8) is 0 Å². The molecule has 0 amide bonds. The zero-order valence-corrected chi connectivity index (χ0v) is 11.5. The van der Waals surface area contributed by atoms with Gasteiger partial charge in [-0.25, -0.2) is 0 Å². The molecular weight excluding hydrogens is 236 g/mol. The molecule has 0 spiro atoms. The summed E-state index contributed by atoms with van der Waals surface area (Å²) in [6, 6.07) is 5.11. The van der Waals surface area contributed by atoms with Crippen molar-refractivity contribution in [2.24, 2.45) is 0 Å². The first-order valence-corrected chi connectivity index (χ1v) is 6.48. The van der Waals surface area contributed by atoms with Gasteiger partial charge in [0, 0.05) is 0 Å². The summed E-state index contributed by atoms with van der Waals surface area (Å²) in [6.45, 7) is 9.43. The maximum absolute atomic E-state index is 14.2. The molecule has 0 bridgehead atoms. The first-order valence-electron chi connectivity index (χ1n) is 6.48. The van der Waals surface area contributed by atoms with Crippen LogP contribution in [0.1, 0.15) is 31.4 Å². The molecule has 3 heteroatoms. The third kappa shape index (κ3) is 2.92. The minimum atomic E-state index is -0.281. The van der Waals surface area contributed by atoms with Gasteiger partial charge < -0.3 is 0 Å². The van der Waals surface area contributed by atoms with Crippen molar-refractivity contribution < 1.29 is 4.39 Å². The number of rotatable bonds is 3. The Labute approximate surface area is 115 Å². The fourth-order valence-corrected chi connectivity index (χ4v) is 2.34. The van der Waals surface area contributed by atoms with E-state index in [4.69, 9.17) is 7.49 Å². The Bertz CT molecular complexity index is 572. The molecule has 97 valence electrons. The second kappa shape index (κ2) is 5.66. The average Bonchev–Trinajstić information content (AvgIpc) is 2.38. The SMILES string of the molecule is [B]=C(C1=C(C)CNCC1)c1ccc(C(=C)C)cc1F. The van der Waals surface area contributed by atoms with E-state index in [2.05, 4.69) is 11.9 Å². The zero-order chi connectivity index (χ0) is 14.0. The molecule has 0 saturated carbocycles. The Balaban J connectivity index is 2.37. The second-order valence-corrected chi connectivity index (χ2v) is 5.07. The molecule has 1 aromatic carbocycles. The molecule has 0 aromatic heterocycles. The topological polar surface area (TPSA) is 12.0 Å². The Kier molecular flexibility index (Phi) is 4.15. The van der Waals surface area contributed by atoms with Gasteiger partial charge >= 0.3 is 114 Å². The van der Waals surface area contributed by atoms with Crippen LogP contribution in [-0.4, -0.2) is 26.0 Å². The molecule has 0 unspecified atom stereocenters. The third-order valence-electron chi connectivity index (χ3n) is 3.53. The predicted octanol–water partition coefficient (Wildman–Crippen LogP) is 2.86. The van der Waals surface area contributed by atoms with Crippen LogP contribution < -0.4 is 5.32 Å². The van der Waals surface area contributed by atoms with E-state index in [-0.39, 0.29) is 5.82 Å². The van der Waals surface area contributed by atoms with Gasteiger partial charge in [0.05, 0.1) is 0 Å². The standard InChI is InChI=1S/C16H18BFN/c1-10(2)12-4-5-14(15(18)8-12)16(17)13-6-7-19-9-11(13)3/h4-5,8,19H,1,6-7,9H2,2-3H3. The van der Waals surface area contributed by atoms with Gasteiger partial charge in [0.2, 0.25) is 0 Å². The van der Waals surface area contributed by atoms with Gasteiger partial charge in [-0.05, 0) is 0 Å². The summed E-state index contributed by atoms with van der Waals surface area (Å²) >= 11 is 0. The molecule has 1 heterocycles. The fraction of sp³-hybridized carbons (Fsp3) is 0.312. The van der Waals surface area contributed by atoms with Crippen molar-refractivity contribution in [1.82, 2.24) is 5.32 Å². The van der Waals surface area contributed by atoms with Gasteiger partial charge in [-0.2, -0.15) is 0 Å². The molecule has 1 nitrogen and oxygen atoms in total. The molecule has 1 aromatic rings. The number of halogens is 1. The minimum absolute atomic E-state index is 0.281. The van der Waals surface area contributed by atoms with Gasteiger partial charge in [-0.1, -0.05) is 0 Å². The molecule has 0 atom stereocenters. The molecule has 0 fully saturated rings. The van der Waals surface area contributed by atoms with Gasteiger partial charge in [-0.15, -0.1) is 0 Å². The van der Waals surface area contributed by atoms with Crippen LogP contribution in [0.5, 0.6) is 0 Å². The molecule has 19 heavy (non-hydrogen) atoms. The van der Waals surface area contributed by atoms with Crippen LogP contribution in [0.15, 0.2) is 35.9 Å². The predicted molar refractivity (Wildman–Crippen MR) is 81.2 cm³/mol. The van der Waals surface area contributed by atoms with Crippen LogP contribution in [0, 0.1) is 5.82 Å². The monoisotopic (exact) mass is 254 g/mol. The van der Waals surface area contributed by atoms with Crippen LogP contribution in [0.3, 0.4) is 0 Å². The maximum atomic E-state index is 14.2. The van der Waals surface area contributed by atoms with E-state index in [0.717, 1.165) is 36.2 Å². The van der Waals surface area contributed by atoms with Crippen LogP contribution in [-0.2, 0) is 0 Å². The summed E-state index contributed by atoms with van der Waals surface area (Å²) in [4.78, 5) is 0. The molecule has 0 saturated heterocycles. The summed E-state index contributed by atoms with van der Waals surface area (Å²) in [5.74, 6) is -0.281. The van der Waals surface area contributed by atoms with Crippen LogP contribution in [0.25, 0.3) is 5.57 Å². The van der Waals surface area contributed by atoms with Crippen molar-refractivity contribution in [2.75, 3.05) is 13.1 Å². The Hall–Kier alpha value is -1.48. The molecular formula is C16H18BFN. The number of hydrogen-bond acceptors (Lipinski definition) is 1.